The summed E-state index contributed by atoms with van der Waals surface area (Å²) in [4.78, 5) is 0. The Hall–Kier alpha value is -0.750. The Morgan fingerprint density at radius 3 is 1.82 bits per heavy atom. The van der Waals surface area contributed by atoms with Gasteiger partial charge in [0.2, 0.25) is 0 Å². The summed E-state index contributed by atoms with van der Waals surface area (Å²) in [5.41, 5.74) is -0.925. The number of halogens is 5. The molecule has 0 spiro atoms. The van der Waals surface area contributed by atoms with Gasteiger partial charge in [-0.25, -0.2) is 8.93 Å². The van der Waals surface area contributed by atoms with Gasteiger partial charge in [-0.05, 0) is 5.41 Å². The van der Waals surface area contributed by atoms with Gasteiger partial charge < -0.3 is 0 Å². The van der Waals surface area contributed by atoms with Crippen LogP contribution in [-0.4, -0.2) is 21.7 Å². The Bertz CT molecular complexity index is 341. The molecule has 0 heterocycles. The molecular weight excluding hydrogens is 267 g/mol. The second-order valence-corrected chi connectivity index (χ2v) is 5.62. The zero-order valence-electron chi connectivity index (χ0n) is 9.23. The van der Waals surface area contributed by atoms with Crippen LogP contribution in [0.1, 0.15) is 20.8 Å². The lowest BCUT2D eigenvalue weighted by molar-refractivity contribution is -0.240. The Labute approximate surface area is 97.6 Å². The van der Waals surface area contributed by atoms with Gasteiger partial charge in [0, 0.05) is 0 Å². The predicted molar refractivity (Wildman–Crippen MR) is 51.1 cm³/mol. The smallest absolute Gasteiger partial charge is 0.236 e. The zero-order valence-corrected chi connectivity index (χ0v) is 10.0. The van der Waals surface area contributed by atoms with Crippen LogP contribution in [0.2, 0.25) is 0 Å². The van der Waals surface area contributed by atoms with Crippen LogP contribution in [0.15, 0.2) is 0 Å². The molecule has 0 aromatic heterocycles. The van der Waals surface area contributed by atoms with Crippen LogP contribution in [-0.2, 0) is 11.0 Å². The average molecular weight is 278 g/mol. The minimum Gasteiger partial charge on any atom is -0.236 e. The van der Waals surface area contributed by atoms with Gasteiger partial charge in [0.15, 0.2) is 11.0 Å². The fourth-order valence-electron chi connectivity index (χ4n) is 0.683. The SMILES string of the molecule is CC(C)(C)[C@@H](C#N)N[S@@](=O)C(F)(F)C(F)(F)F. The molecule has 0 bridgehead atoms. The van der Waals surface area contributed by atoms with Gasteiger partial charge in [-0.3, -0.25) is 0 Å². The van der Waals surface area contributed by atoms with Crippen LogP contribution < -0.4 is 4.72 Å². The molecule has 0 fully saturated rings. The Morgan fingerprint density at radius 1 is 1.18 bits per heavy atom. The number of nitrogens with zero attached hydrogens (tertiary/aromatic N) is 1. The van der Waals surface area contributed by atoms with Crippen LogP contribution in [0.5, 0.6) is 0 Å². The molecule has 0 radical (unpaired) electrons. The molecule has 0 aliphatic rings. The second kappa shape index (κ2) is 4.86. The monoisotopic (exact) mass is 278 g/mol. The molecular formula is C8H11F5N2OS. The summed E-state index contributed by atoms with van der Waals surface area (Å²) >= 11 is 0. The van der Waals surface area contributed by atoms with E-state index < -0.39 is 33.9 Å². The Balaban J connectivity index is 4.95. The quantitative estimate of drug-likeness (QED) is 0.805. The first kappa shape index (κ1) is 16.2. The maximum Gasteiger partial charge on any atom is 0.468 e. The van der Waals surface area contributed by atoms with E-state index in [1.54, 1.807) is 0 Å². The van der Waals surface area contributed by atoms with Crippen molar-refractivity contribution in [1.82, 2.24) is 4.72 Å². The Kier molecular flexibility index (Phi) is 4.64. The molecule has 0 amide bonds. The minimum atomic E-state index is -5.93. The molecule has 0 aliphatic heterocycles. The third-order valence-corrected chi connectivity index (χ3v) is 2.93. The van der Waals surface area contributed by atoms with E-state index in [4.69, 9.17) is 5.26 Å². The third kappa shape index (κ3) is 3.89. The largest absolute Gasteiger partial charge is 0.468 e. The van der Waals surface area contributed by atoms with Crippen molar-refractivity contribution in [3.05, 3.63) is 0 Å². The lowest BCUT2D eigenvalue weighted by Gasteiger charge is -2.27. The summed E-state index contributed by atoms with van der Waals surface area (Å²) in [5.74, 6) is 0. The van der Waals surface area contributed by atoms with Gasteiger partial charge in [0.25, 0.3) is 0 Å². The normalized spacial score (nSPS) is 17.4. The Morgan fingerprint density at radius 2 is 1.59 bits per heavy atom. The summed E-state index contributed by atoms with van der Waals surface area (Å²) in [6.07, 6.45) is -5.93. The molecule has 0 saturated carbocycles. The maximum atomic E-state index is 12.6. The van der Waals surface area contributed by atoms with Crippen molar-refractivity contribution in [3.63, 3.8) is 0 Å². The maximum absolute atomic E-state index is 12.6. The molecule has 0 unspecified atom stereocenters. The first-order chi connectivity index (χ1) is 7.34. The number of nitrogens with one attached hydrogen (secondary N) is 1. The summed E-state index contributed by atoms with van der Waals surface area (Å²) in [6.45, 7) is 4.32. The van der Waals surface area contributed by atoms with Crippen LogP contribution >= 0.6 is 0 Å². The van der Waals surface area contributed by atoms with Crippen molar-refractivity contribution in [1.29, 1.82) is 5.26 Å². The van der Waals surface area contributed by atoms with Gasteiger partial charge >= 0.3 is 11.4 Å². The van der Waals surface area contributed by atoms with Crippen LogP contribution in [0.3, 0.4) is 0 Å². The third-order valence-electron chi connectivity index (χ3n) is 1.78. The van der Waals surface area contributed by atoms with E-state index in [1.807, 2.05) is 0 Å². The molecule has 0 aromatic carbocycles. The molecule has 17 heavy (non-hydrogen) atoms. The highest BCUT2D eigenvalue weighted by Gasteiger charge is 2.63. The van der Waals surface area contributed by atoms with Crippen molar-refractivity contribution in [2.24, 2.45) is 5.41 Å². The number of rotatable bonds is 3. The van der Waals surface area contributed by atoms with E-state index >= 15 is 0 Å². The number of alkyl halides is 5. The van der Waals surface area contributed by atoms with E-state index in [0.717, 1.165) is 0 Å². The van der Waals surface area contributed by atoms with Crippen LogP contribution in [0, 0.1) is 16.7 Å². The van der Waals surface area contributed by atoms with Crippen LogP contribution in [0.4, 0.5) is 22.0 Å². The average Bonchev–Trinajstić information content (AvgIpc) is 2.09. The second-order valence-electron chi connectivity index (χ2n) is 4.33. The molecule has 2 atom stereocenters. The van der Waals surface area contributed by atoms with E-state index in [2.05, 4.69) is 0 Å². The van der Waals surface area contributed by atoms with Gasteiger partial charge in [0.1, 0.15) is 6.04 Å². The van der Waals surface area contributed by atoms with Gasteiger partial charge in [-0.15, -0.1) is 0 Å². The predicted octanol–water partition coefficient (Wildman–Crippen LogP) is 2.33. The highest BCUT2D eigenvalue weighted by atomic mass is 32.2. The highest BCUT2D eigenvalue weighted by Crippen LogP contribution is 2.38. The molecule has 0 aliphatic carbocycles. The van der Waals surface area contributed by atoms with Gasteiger partial charge in [0.05, 0.1) is 6.07 Å². The molecule has 0 rings (SSSR count). The van der Waals surface area contributed by atoms with Crippen molar-refractivity contribution in [2.45, 2.75) is 38.2 Å². The van der Waals surface area contributed by atoms with Gasteiger partial charge in [-0.2, -0.15) is 27.2 Å². The van der Waals surface area contributed by atoms with Crippen molar-refractivity contribution < 1.29 is 26.2 Å². The summed E-state index contributed by atoms with van der Waals surface area (Å²) in [6, 6.07) is 0.0995. The van der Waals surface area contributed by atoms with Crippen LogP contribution in [0.25, 0.3) is 0 Å². The fraction of sp³-hybridized carbons (Fsp3) is 0.875. The molecule has 1 N–H and O–H groups in total. The van der Waals surface area contributed by atoms with E-state index in [9.17, 15) is 26.2 Å². The fourth-order valence-corrected chi connectivity index (χ4v) is 1.66. The summed E-state index contributed by atoms with van der Waals surface area (Å²) in [5, 5.41) is 3.21. The molecule has 100 valence electrons. The first-order valence-electron chi connectivity index (χ1n) is 4.36. The van der Waals surface area contributed by atoms with E-state index in [1.165, 1.54) is 31.6 Å². The van der Waals surface area contributed by atoms with Crippen molar-refractivity contribution >= 4 is 11.0 Å². The van der Waals surface area contributed by atoms with E-state index in [-0.39, 0.29) is 0 Å². The zero-order chi connectivity index (χ0) is 14.1. The number of hydrogen-bond donors (Lipinski definition) is 1. The molecule has 9 heteroatoms. The lowest BCUT2D eigenvalue weighted by Crippen LogP contribution is -2.51. The summed E-state index contributed by atoms with van der Waals surface area (Å²) < 4.78 is 73.2. The molecule has 3 nitrogen and oxygen atoms in total. The highest BCUT2D eigenvalue weighted by molar-refractivity contribution is 7.84. The number of nitriles is 1. The minimum absolute atomic E-state index is 0.925. The van der Waals surface area contributed by atoms with Crippen molar-refractivity contribution in [2.75, 3.05) is 0 Å². The first-order valence-corrected chi connectivity index (χ1v) is 5.51. The van der Waals surface area contributed by atoms with E-state index in [0.29, 0.717) is 0 Å². The standard InChI is InChI=1S/C8H11F5N2OS/c1-6(2,3)5(4-14)15-17(16)8(12,13)7(9,10)11/h5,15H,1-3H3/t5-,17+/m1/s1. The topological polar surface area (TPSA) is 52.9 Å². The van der Waals surface area contributed by atoms with Gasteiger partial charge in [-0.1, -0.05) is 20.8 Å². The summed E-state index contributed by atoms with van der Waals surface area (Å²) in [7, 11) is -3.71. The molecule has 0 saturated heterocycles. The van der Waals surface area contributed by atoms with Crippen molar-refractivity contribution in [3.8, 4) is 6.07 Å². The molecule has 0 aromatic rings. The lowest BCUT2D eigenvalue weighted by atomic mass is 9.88. The number of hydrogen-bond acceptors (Lipinski definition) is 2.